The fraction of sp³-hybridized carbons (Fsp3) is 0.656. The number of carbonyl (C=O) groups is 2. The van der Waals surface area contributed by atoms with Gasteiger partial charge >= 0.3 is 0 Å². The summed E-state index contributed by atoms with van der Waals surface area (Å²) in [6.07, 6.45) is 12.6. The maximum atomic E-state index is 12.6. The molecule has 2 aromatic rings. The summed E-state index contributed by atoms with van der Waals surface area (Å²) < 4.78 is 17.8. The van der Waals surface area contributed by atoms with Gasteiger partial charge in [0.1, 0.15) is 17.5 Å². The van der Waals surface area contributed by atoms with Gasteiger partial charge in [-0.15, -0.1) is 0 Å². The molecule has 2 amide bonds. The molecule has 1 aromatic heterocycles. The summed E-state index contributed by atoms with van der Waals surface area (Å²) in [5.41, 5.74) is 5.72. The number of likely N-dealkylation sites (tertiary alicyclic amines) is 1. The Balaban J connectivity index is 0.000000411. The van der Waals surface area contributed by atoms with Crippen LogP contribution in [0.1, 0.15) is 84.3 Å². The number of benzene rings is 1. The van der Waals surface area contributed by atoms with Crippen molar-refractivity contribution in [2.45, 2.75) is 97.1 Å². The third kappa shape index (κ3) is 11.6. The number of halogens is 1. The van der Waals surface area contributed by atoms with Crippen LogP contribution in [0.5, 0.6) is 5.75 Å². The summed E-state index contributed by atoms with van der Waals surface area (Å²) in [6.45, 7) is 4.86. The first-order valence-corrected chi connectivity index (χ1v) is 15.1. The van der Waals surface area contributed by atoms with Crippen molar-refractivity contribution in [3.8, 4) is 5.75 Å². The standard InChI is InChI=1S/C19H26N2O2.C12H19FNO3.CH3NO.V/c1-23-15-11-12-16-18(13-15)21-19(22)17(20-16)10-4-2-3-7-14-8-5-6-9-14;1-12(2,3)10(16)11(17)14-5-4-8(6-13)9(14)7-15;2-1-3;/h11-14H,2-10H2,1H3,(H,21,22);8-10,16H,4-6H2,1-3H3;1H,(H2,2,3);/q;-1;;/t;8?,9?,10-;;/m.1../s1. The molecule has 4 rings (SSSR count). The molecule has 3 atom stereocenters. The Bertz CT molecular complexity index is 1230. The predicted molar refractivity (Wildman–Crippen MR) is 164 cm³/mol. The Morgan fingerprint density at radius 2 is 1.91 bits per heavy atom. The number of amides is 2. The van der Waals surface area contributed by atoms with Crippen molar-refractivity contribution >= 4 is 29.6 Å². The molecular weight excluding hydrogens is 606 g/mol. The van der Waals surface area contributed by atoms with Crippen molar-refractivity contribution in [2.75, 3.05) is 20.3 Å². The van der Waals surface area contributed by atoms with E-state index in [1.165, 1.54) is 49.8 Å². The molecule has 44 heavy (non-hydrogen) atoms. The fourth-order valence-corrected chi connectivity index (χ4v) is 5.55. The third-order valence-electron chi connectivity index (χ3n) is 8.15. The van der Waals surface area contributed by atoms with E-state index in [2.05, 4.69) is 15.7 Å². The monoisotopic (exact) mass is 654 g/mol. The molecule has 1 aliphatic carbocycles. The molecule has 0 spiro atoms. The van der Waals surface area contributed by atoms with Gasteiger partial charge in [-0.05, 0) is 48.6 Å². The third-order valence-corrected chi connectivity index (χ3v) is 8.15. The second-order valence-corrected chi connectivity index (χ2v) is 12.3. The average Bonchev–Trinajstić information content (AvgIpc) is 3.66. The number of aryl methyl sites for hydroxylation is 1. The van der Waals surface area contributed by atoms with E-state index in [-0.39, 0.29) is 30.5 Å². The van der Waals surface area contributed by atoms with Gasteiger partial charge in [0.15, 0.2) is 0 Å². The molecule has 4 N–H and O–H groups in total. The number of nitrogens with zero attached hydrogens (tertiary/aromatic N) is 2. The summed E-state index contributed by atoms with van der Waals surface area (Å²) in [4.78, 5) is 52.2. The van der Waals surface area contributed by atoms with Crippen LogP contribution in [0.3, 0.4) is 0 Å². The van der Waals surface area contributed by atoms with E-state index in [0.29, 0.717) is 18.7 Å². The van der Waals surface area contributed by atoms with Gasteiger partial charge in [-0.2, -0.15) is 0 Å². The summed E-state index contributed by atoms with van der Waals surface area (Å²) in [7, 11) is 1.62. The van der Waals surface area contributed by atoms with Gasteiger partial charge in [0.2, 0.25) is 12.3 Å². The molecule has 2 unspecified atom stereocenters. The molecule has 2 fully saturated rings. The van der Waals surface area contributed by atoms with Crippen LogP contribution in [-0.2, 0) is 39.4 Å². The number of aliphatic hydroxyl groups excluding tert-OH is 1. The zero-order valence-electron chi connectivity index (χ0n) is 26.4. The minimum atomic E-state index is -1.18. The Hall–Kier alpha value is -2.76. The number of nitrogens with one attached hydrogen (secondary N) is 1. The van der Waals surface area contributed by atoms with Crippen molar-refractivity contribution in [3.63, 3.8) is 0 Å². The smallest absolute Gasteiger partial charge is 0.270 e. The molecule has 1 saturated heterocycles. The number of fused-ring (bicyclic) bond motifs is 1. The molecule has 1 aromatic carbocycles. The number of rotatable bonds is 10. The van der Waals surface area contributed by atoms with Crippen LogP contribution in [0.2, 0.25) is 0 Å². The number of H-pyrrole nitrogens is 1. The number of methoxy groups -OCH3 is 1. The van der Waals surface area contributed by atoms with E-state index < -0.39 is 36.1 Å². The molecule has 2 aliphatic rings. The molecule has 12 heteroatoms. The van der Waals surface area contributed by atoms with Crippen molar-refractivity contribution in [2.24, 2.45) is 23.0 Å². The first-order chi connectivity index (χ1) is 20.5. The predicted octanol–water partition coefficient (Wildman–Crippen LogP) is 4.01. The maximum absolute atomic E-state index is 12.6. The minimum Gasteiger partial charge on any atom is -0.540 e. The molecule has 245 valence electrons. The van der Waals surface area contributed by atoms with E-state index in [4.69, 9.17) is 9.53 Å². The number of carbonyl (C=O) groups excluding carboxylic acids is 3. The SMILES string of the molecule is CC(C)(C)[C@H](O)C(=O)N1CCC(CF)C1[C-]=O.COc1ccc2nc(CCCCCC3CCCC3)c(=O)[nH]c2c1.NC=O.[V]. The molecule has 1 aliphatic heterocycles. The van der Waals surface area contributed by atoms with E-state index in [1.807, 2.05) is 18.2 Å². The summed E-state index contributed by atoms with van der Waals surface area (Å²) >= 11 is 0. The second kappa shape index (κ2) is 19.6. The van der Waals surface area contributed by atoms with Crippen molar-refractivity contribution in [1.29, 1.82) is 0 Å². The van der Waals surface area contributed by atoms with Crippen molar-refractivity contribution in [3.05, 3.63) is 34.2 Å². The van der Waals surface area contributed by atoms with Gasteiger partial charge in [-0.1, -0.05) is 71.8 Å². The number of ether oxygens (including phenoxy) is 1. The topological polar surface area (TPSA) is 156 Å². The number of hydrogen-bond acceptors (Lipinski definition) is 7. The summed E-state index contributed by atoms with van der Waals surface area (Å²) in [6, 6.07) is 4.73. The molecule has 2 heterocycles. The van der Waals surface area contributed by atoms with E-state index in [0.717, 1.165) is 35.5 Å². The van der Waals surface area contributed by atoms with Crippen LogP contribution >= 0.6 is 0 Å². The number of nitrogens with two attached hydrogens (primary N) is 1. The Morgan fingerprint density at radius 3 is 2.48 bits per heavy atom. The average molecular weight is 655 g/mol. The van der Waals surface area contributed by atoms with Crippen LogP contribution < -0.4 is 16.0 Å². The Labute approximate surface area is 271 Å². The zero-order chi connectivity index (χ0) is 32.0. The number of hydrogen-bond donors (Lipinski definition) is 3. The molecule has 1 radical (unpaired) electrons. The first kappa shape index (κ1) is 39.3. The van der Waals surface area contributed by atoms with Crippen LogP contribution in [0.25, 0.3) is 11.0 Å². The van der Waals surface area contributed by atoms with Gasteiger partial charge in [0, 0.05) is 31.2 Å². The van der Waals surface area contributed by atoms with Crippen LogP contribution in [0.4, 0.5) is 4.39 Å². The van der Waals surface area contributed by atoms with Crippen molar-refractivity contribution < 1.29 is 47.2 Å². The first-order valence-electron chi connectivity index (χ1n) is 15.1. The number of aromatic nitrogens is 2. The molecule has 1 saturated carbocycles. The second-order valence-electron chi connectivity index (χ2n) is 12.3. The van der Waals surface area contributed by atoms with Gasteiger partial charge in [-0.3, -0.25) is 18.8 Å². The number of aromatic amines is 1. The van der Waals surface area contributed by atoms with Gasteiger partial charge in [0.05, 0.1) is 24.8 Å². The van der Waals surface area contributed by atoms with E-state index in [1.54, 1.807) is 34.2 Å². The van der Waals surface area contributed by atoms with Crippen LogP contribution in [-0.4, -0.2) is 71.1 Å². The fourth-order valence-electron chi connectivity index (χ4n) is 5.55. The normalized spacial score (nSPS) is 18.7. The molecule has 0 bridgehead atoms. The number of primary amides is 1. The molecular formula is C32H48FN4O6V-. The largest absolute Gasteiger partial charge is 0.540 e. The Kier molecular flexibility index (Phi) is 17.5. The van der Waals surface area contributed by atoms with E-state index >= 15 is 0 Å². The number of unbranched alkanes of at least 4 members (excludes halogenated alkanes) is 2. The number of aliphatic hydroxyl groups is 1. The summed E-state index contributed by atoms with van der Waals surface area (Å²) in [5, 5.41) is 9.87. The maximum Gasteiger partial charge on any atom is 0.270 e. The Morgan fingerprint density at radius 1 is 1.25 bits per heavy atom. The summed E-state index contributed by atoms with van der Waals surface area (Å²) in [5.74, 6) is 0.701. The quantitative estimate of drug-likeness (QED) is 0.199. The zero-order valence-corrected chi connectivity index (χ0v) is 27.8. The van der Waals surface area contributed by atoms with Gasteiger partial charge in [0.25, 0.3) is 5.56 Å². The van der Waals surface area contributed by atoms with Gasteiger partial charge < -0.3 is 30.3 Å². The molecule has 10 nitrogen and oxygen atoms in total. The van der Waals surface area contributed by atoms with Crippen LogP contribution in [0, 0.1) is 17.3 Å². The number of alkyl halides is 1. The minimum absolute atomic E-state index is 0. The van der Waals surface area contributed by atoms with E-state index in [9.17, 15) is 23.9 Å². The van der Waals surface area contributed by atoms with Crippen LogP contribution in [0.15, 0.2) is 23.0 Å². The van der Waals surface area contributed by atoms with Crippen molar-refractivity contribution in [1.82, 2.24) is 14.9 Å². The van der Waals surface area contributed by atoms with Gasteiger partial charge in [-0.25, -0.2) is 11.3 Å².